The van der Waals surface area contributed by atoms with Crippen molar-refractivity contribution in [3.8, 4) is 0 Å². The molecule has 3 rings (SSSR count). The Morgan fingerprint density at radius 2 is 2.10 bits per heavy atom. The highest BCUT2D eigenvalue weighted by Crippen LogP contribution is 2.40. The number of nitrogens with one attached hydrogen (secondary N) is 2. The molecule has 1 aromatic carbocycles. The maximum Gasteiger partial charge on any atom is 0.226 e. The Morgan fingerprint density at radius 3 is 2.81 bits per heavy atom. The van der Waals surface area contributed by atoms with E-state index in [9.17, 15) is 4.79 Å². The summed E-state index contributed by atoms with van der Waals surface area (Å²) < 4.78 is 0. The van der Waals surface area contributed by atoms with Crippen molar-refractivity contribution in [2.45, 2.75) is 45.4 Å². The molecule has 1 saturated carbocycles. The molecule has 4 heteroatoms. The Bertz CT molecular complexity index is 593. The molecule has 0 spiro atoms. The lowest BCUT2D eigenvalue weighted by Crippen LogP contribution is -2.39. The molecule has 0 bridgehead atoms. The summed E-state index contributed by atoms with van der Waals surface area (Å²) in [7, 11) is 0. The Kier molecular flexibility index (Phi) is 3.95. The van der Waals surface area contributed by atoms with Gasteiger partial charge in [-0.15, -0.1) is 0 Å². The molecule has 1 aliphatic rings. The van der Waals surface area contributed by atoms with Crippen molar-refractivity contribution in [1.29, 1.82) is 0 Å². The first-order valence-electron chi connectivity index (χ1n) is 7.95. The second-order valence-electron chi connectivity index (χ2n) is 6.05. The first-order valence-corrected chi connectivity index (χ1v) is 7.95. The largest absolute Gasteiger partial charge is 0.355 e. The van der Waals surface area contributed by atoms with E-state index in [1.165, 1.54) is 12.8 Å². The van der Waals surface area contributed by atoms with Gasteiger partial charge in [0, 0.05) is 18.4 Å². The first-order chi connectivity index (χ1) is 10.2. The number of nitrogens with zero attached hydrogens (tertiary/aromatic N) is 1. The smallest absolute Gasteiger partial charge is 0.226 e. The molecule has 2 N–H and O–H groups in total. The fourth-order valence-corrected chi connectivity index (χ4v) is 3.40. The number of carbonyl (C=O) groups excluding carboxylic acids is 1. The van der Waals surface area contributed by atoms with Crippen LogP contribution in [-0.2, 0) is 11.2 Å². The van der Waals surface area contributed by atoms with Gasteiger partial charge >= 0.3 is 0 Å². The molecule has 0 radical (unpaired) electrons. The van der Waals surface area contributed by atoms with Gasteiger partial charge < -0.3 is 10.3 Å². The second-order valence-corrected chi connectivity index (χ2v) is 6.05. The predicted octanol–water partition coefficient (Wildman–Crippen LogP) is 3.19. The van der Waals surface area contributed by atoms with E-state index in [4.69, 9.17) is 0 Å². The molecular weight excluding hydrogens is 262 g/mol. The van der Waals surface area contributed by atoms with Gasteiger partial charge in [-0.3, -0.25) is 4.79 Å². The van der Waals surface area contributed by atoms with E-state index in [-0.39, 0.29) is 11.3 Å². The van der Waals surface area contributed by atoms with Gasteiger partial charge in [0.15, 0.2) is 0 Å². The van der Waals surface area contributed by atoms with Crippen LogP contribution in [-0.4, -0.2) is 22.4 Å². The van der Waals surface area contributed by atoms with Crippen LogP contribution in [0.25, 0.3) is 11.0 Å². The van der Waals surface area contributed by atoms with Gasteiger partial charge in [0.1, 0.15) is 5.82 Å². The zero-order valence-corrected chi connectivity index (χ0v) is 12.6. The minimum absolute atomic E-state index is 0.103. The average molecular weight is 285 g/mol. The summed E-state index contributed by atoms with van der Waals surface area (Å²) in [6, 6.07) is 8.00. The molecular formula is C17H23N3O. The van der Waals surface area contributed by atoms with Crippen molar-refractivity contribution in [3.63, 3.8) is 0 Å². The van der Waals surface area contributed by atoms with E-state index < -0.39 is 0 Å². The summed E-state index contributed by atoms with van der Waals surface area (Å²) in [6.07, 6.45) is 6.15. The van der Waals surface area contributed by atoms with Crippen LogP contribution in [0.4, 0.5) is 0 Å². The van der Waals surface area contributed by atoms with Gasteiger partial charge in [-0.25, -0.2) is 4.98 Å². The molecule has 4 nitrogen and oxygen atoms in total. The molecule has 0 saturated heterocycles. The summed E-state index contributed by atoms with van der Waals surface area (Å²) in [4.78, 5) is 20.3. The average Bonchev–Trinajstić information content (AvgIpc) is 3.14. The maximum atomic E-state index is 12.4. The van der Waals surface area contributed by atoms with E-state index in [2.05, 4.69) is 22.2 Å². The van der Waals surface area contributed by atoms with Gasteiger partial charge in [-0.05, 0) is 31.4 Å². The van der Waals surface area contributed by atoms with E-state index in [0.717, 1.165) is 42.5 Å². The number of aromatic amines is 1. The van der Waals surface area contributed by atoms with E-state index >= 15 is 0 Å². The number of aromatic nitrogens is 2. The number of carbonyl (C=O) groups is 1. The van der Waals surface area contributed by atoms with Crippen LogP contribution in [0.1, 0.15) is 44.9 Å². The Labute approximate surface area is 125 Å². The third kappa shape index (κ3) is 2.80. The van der Waals surface area contributed by atoms with Crippen molar-refractivity contribution in [3.05, 3.63) is 30.1 Å². The number of para-hydroxylation sites is 2. The normalized spacial score (nSPS) is 17.2. The van der Waals surface area contributed by atoms with Crippen LogP contribution in [0, 0.1) is 5.41 Å². The van der Waals surface area contributed by atoms with Crippen molar-refractivity contribution < 1.29 is 4.79 Å². The number of amides is 1. The topological polar surface area (TPSA) is 57.8 Å². The number of fused-ring (bicyclic) bond motifs is 1. The van der Waals surface area contributed by atoms with Crippen LogP contribution in [0.3, 0.4) is 0 Å². The van der Waals surface area contributed by atoms with Gasteiger partial charge in [0.05, 0.1) is 11.0 Å². The fourth-order valence-electron chi connectivity index (χ4n) is 3.40. The molecule has 0 unspecified atom stereocenters. The van der Waals surface area contributed by atoms with E-state index in [0.29, 0.717) is 6.54 Å². The summed E-state index contributed by atoms with van der Waals surface area (Å²) in [5.74, 6) is 1.17. The van der Waals surface area contributed by atoms with Gasteiger partial charge in [0.25, 0.3) is 0 Å². The highest BCUT2D eigenvalue weighted by Gasteiger charge is 2.38. The van der Waals surface area contributed by atoms with Gasteiger partial charge in [-0.2, -0.15) is 0 Å². The number of imidazole rings is 1. The van der Waals surface area contributed by atoms with E-state index in [1.807, 2.05) is 24.3 Å². The molecule has 1 amide bonds. The van der Waals surface area contributed by atoms with Crippen LogP contribution >= 0.6 is 0 Å². The van der Waals surface area contributed by atoms with Crippen LogP contribution < -0.4 is 5.32 Å². The number of hydrogen-bond donors (Lipinski definition) is 2. The monoisotopic (exact) mass is 285 g/mol. The summed E-state index contributed by atoms with van der Waals surface area (Å²) >= 11 is 0. The summed E-state index contributed by atoms with van der Waals surface area (Å²) in [5, 5.41) is 3.11. The zero-order valence-electron chi connectivity index (χ0n) is 12.6. The first kappa shape index (κ1) is 14.1. The minimum atomic E-state index is -0.103. The van der Waals surface area contributed by atoms with E-state index in [1.54, 1.807) is 0 Å². The summed E-state index contributed by atoms with van der Waals surface area (Å²) in [6.45, 7) is 2.78. The number of rotatable bonds is 5. The van der Waals surface area contributed by atoms with Crippen LogP contribution in [0.5, 0.6) is 0 Å². The fraction of sp³-hybridized carbons (Fsp3) is 0.529. The third-order valence-electron chi connectivity index (χ3n) is 4.80. The SMILES string of the molecule is CCC1(C(=O)NCCc2nc3ccccc3[nH]2)CCCC1. The quantitative estimate of drug-likeness (QED) is 0.886. The third-order valence-corrected chi connectivity index (χ3v) is 4.80. The highest BCUT2D eigenvalue weighted by molar-refractivity contribution is 5.82. The molecule has 112 valence electrons. The van der Waals surface area contributed by atoms with Crippen molar-refractivity contribution in [1.82, 2.24) is 15.3 Å². The van der Waals surface area contributed by atoms with Crippen molar-refractivity contribution in [2.24, 2.45) is 5.41 Å². The van der Waals surface area contributed by atoms with Crippen LogP contribution in [0.2, 0.25) is 0 Å². The Morgan fingerprint density at radius 1 is 1.33 bits per heavy atom. The van der Waals surface area contributed by atoms with Gasteiger partial charge in [0.2, 0.25) is 5.91 Å². The zero-order chi connectivity index (χ0) is 14.7. The summed E-state index contributed by atoms with van der Waals surface area (Å²) in [5.41, 5.74) is 1.94. The lowest BCUT2D eigenvalue weighted by molar-refractivity contribution is -0.131. The van der Waals surface area contributed by atoms with Gasteiger partial charge in [-0.1, -0.05) is 31.9 Å². The standard InChI is InChI=1S/C17H23N3O/c1-2-17(10-5-6-11-17)16(21)18-12-9-15-19-13-7-3-4-8-14(13)20-15/h3-4,7-8H,2,5-6,9-12H2,1H3,(H,18,21)(H,19,20). The second kappa shape index (κ2) is 5.88. The molecule has 1 heterocycles. The molecule has 1 aromatic heterocycles. The lowest BCUT2D eigenvalue weighted by Gasteiger charge is -2.25. The lowest BCUT2D eigenvalue weighted by atomic mass is 9.82. The van der Waals surface area contributed by atoms with Crippen LogP contribution in [0.15, 0.2) is 24.3 Å². The predicted molar refractivity (Wildman–Crippen MR) is 84.0 cm³/mol. The van der Waals surface area contributed by atoms with Crippen molar-refractivity contribution >= 4 is 16.9 Å². The molecule has 0 aliphatic heterocycles. The number of benzene rings is 1. The molecule has 1 aliphatic carbocycles. The number of H-pyrrole nitrogens is 1. The number of hydrogen-bond acceptors (Lipinski definition) is 2. The molecule has 21 heavy (non-hydrogen) atoms. The Hall–Kier alpha value is -1.84. The minimum Gasteiger partial charge on any atom is -0.355 e. The molecule has 2 aromatic rings. The maximum absolute atomic E-state index is 12.4. The molecule has 0 atom stereocenters. The Balaban J connectivity index is 1.57. The highest BCUT2D eigenvalue weighted by atomic mass is 16.2. The van der Waals surface area contributed by atoms with Crippen molar-refractivity contribution in [2.75, 3.05) is 6.54 Å². The molecule has 1 fully saturated rings.